The molecule has 0 bridgehead atoms. The van der Waals surface area contributed by atoms with Gasteiger partial charge in [0.05, 0.1) is 11.7 Å². The molecular weight excluding hydrogens is 354 g/mol. The molecule has 2 rings (SSSR count). The fourth-order valence-electron chi connectivity index (χ4n) is 2.30. The van der Waals surface area contributed by atoms with Crippen LogP contribution in [-0.2, 0) is 11.4 Å². The van der Waals surface area contributed by atoms with Gasteiger partial charge in [-0.05, 0) is 36.8 Å². The quantitative estimate of drug-likeness (QED) is 0.513. The Morgan fingerprint density at radius 1 is 1.19 bits per heavy atom. The van der Waals surface area contributed by atoms with Gasteiger partial charge >= 0.3 is 5.97 Å². The lowest BCUT2D eigenvalue weighted by Crippen LogP contribution is -2.47. The average Bonchev–Trinajstić information content (AvgIpc) is 2.64. The number of aldehydes is 1. The highest BCUT2D eigenvalue weighted by Crippen LogP contribution is 2.26. The molecule has 0 saturated carbocycles. The number of aliphatic hydroxyl groups excluding tert-OH is 1. The summed E-state index contributed by atoms with van der Waals surface area (Å²) in [5.74, 6) is -1.92. The van der Waals surface area contributed by atoms with Gasteiger partial charge in [0.2, 0.25) is 0 Å². The number of amides is 1. The molecule has 0 aromatic heterocycles. The van der Waals surface area contributed by atoms with Gasteiger partial charge in [0.25, 0.3) is 5.91 Å². The minimum Gasteiger partial charge on any atom is -0.507 e. The number of hydrogen-bond acceptors (Lipinski definition) is 6. The van der Waals surface area contributed by atoms with E-state index in [1.165, 1.54) is 25.1 Å². The summed E-state index contributed by atoms with van der Waals surface area (Å²) in [7, 11) is 0. The average molecular weight is 373 g/mol. The Morgan fingerprint density at radius 2 is 1.85 bits per heavy atom. The third kappa shape index (κ3) is 5.05. The Hall–Kier alpha value is -3.39. The van der Waals surface area contributed by atoms with E-state index in [0.29, 0.717) is 11.8 Å². The zero-order chi connectivity index (χ0) is 20.0. The van der Waals surface area contributed by atoms with Crippen LogP contribution in [0.2, 0.25) is 0 Å². The maximum absolute atomic E-state index is 12.1. The number of benzene rings is 2. The van der Waals surface area contributed by atoms with Crippen LogP contribution in [0.3, 0.4) is 0 Å². The molecule has 4 N–H and O–H groups in total. The second kappa shape index (κ2) is 8.81. The zero-order valence-corrected chi connectivity index (χ0v) is 14.5. The number of hydrogen-bond donors (Lipinski definition) is 4. The molecule has 1 unspecified atom stereocenters. The van der Waals surface area contributed by atoms with Crippen LogP contribution in [0.15, 0.2) is 42.5 Å². The molecule has 0 aliphatic rings. The molecule has 0 aliphatic heterocycles. The van der Waals surface area contributed by atoms with Gasteiger partial charge in [-0.1, -0.05) is 18.2 Å². The summed E-state index contributed by atoms with van der Waals surface area (Å²) in [6.45, 7) is 1.37. The highest BCUT2D eigenvalue weighted by Gasteiger charge is 2.25. The van der Waals surface area contributed by atoms with Crippen LogP contribution in [0, 0.1) is 0 Å². The highest BCUT2D eigenvalue weighted by atomic mass is 16.5. The lowest BCUT2D eigenvalue weighted by atomic mass is 10.1. The van der Waals surface area contributed by atoms with Crippen molar-refractivity contribution in [2.24, 2.45) is 0 Å². The number of phenols is 1. The largest absolute Gasteiger partial charge is 0.507 e. The number of rotatable bonds is 8. The maximum atomic E-state index is 12.1. The SMILES string of the molecule is C[C@H](O)C(NC(=O)c1ccc(COc2cccc(O)c2C=O)cc1)C(=O)O. The van der Waals surface area contributed by atoms with Crippen molar-refractivity contribution in [1.29, 1.82) is 0 Å². The topological polar surface area (TPSA) is 133 Å². The van der Waals surface area contributed by atoms with Crippen LogP contribution >= 0.6 is 0 Å². The van der Waals surface area contributed by atoms with Crippen LogP contribution in [0.5, 0.6) is 11.5 Å². The lowest BCUT2D eigenvalue weighted by molar-refractivity contribution is -0.141. The number of carbonyl (C=O) groups excluding carboxylic acids is 2. The van der Waals surface area contributed by atoms with Gasteiger partial charge in [-0.3, -0.25) is 9.59 Å². The highest BCUT2D eigenvalue weighted by molar-refractivity contribution is 5.96. The van der Waals surface area contributed by atoms with Crippen molar-refractivity contribution < 1.29 is 34.4 Å². The number of aliphatic hydroxyl groups is 1. The summed E-state index contributed by atoms with van der Waals surface area (Å²) >= 11 is 0. The summed E-state index contributed by atoms with van der Waals surface area (Å²) in [5.41, 5.74) is 0.958. The van der Waals surface area contributed by atoms with Gasteiger partial charge in [0, 0.05) is 5.56 Å². The molecule has 142 valence electrons. The van der Waals surface area contributed by atoms with Crippen LogP contribution in [-0.4, -0.2) is 45.6 Å². The molecule has 8 nitrogen and oxygen atoms in total. The first kappa shape index (κ1) is 19.9. The van der Waals surface area contributed by atoms with Crippen molar-refractivity contribution in [2.45, 2.75) is 25.7 Å². The molecule has 0 spiro atoms. The third-order valence-electron chi connectivity index (χ3n) is 3.81. The Kier molecular flexibility index (Phi) is 6.51. The number of carboxylic acid groups (broad SMARTS) is 1. The zero-order valence-electron chi connectivity index (χ0n) is 14.5. The van der Waals surface area contributed by atoms with Crippen LogP contribution < -0.4 is 10.1 Å². The summed E-state index contributed by atoms with van der Waals surface area (Å²) in [6, 6.07) is 9.25. The first-order valence-corrected chi connectivity index (χ1v) is 8.04. The number of nitrogens with one attached hydrogen (secondary N) is 1. The second-order valence-corrected chi connectivity index (χ2v) is 5.82. The van der Waals surface area contributed by atoms with Gasteiger partial charge in [0.1, 0.15) is 18.1 Å². The van der Waals surface area contributed by atoms with Crippen molar-refractivity contribution in [3.63, 3.8) is 0 Å². The van der Waals surface area contributed by atoms with E-state index in [0.717, 1.165) is 0 Å². The number of aromatic hydroxyl groups is 1. The Balaban J connectivity index is 2.03. The fraction of sp³-hybridized carbons (Fsp3) is 0.211. The molecule has 0 heterocycles. The molecule has 1 amide bonds. The molecule has 8 heteroatoms. The van der Waals surface area contributed by atoms with Crippen molar-refractivity contribution in [1.82, 2.24) is 5.32 Å². The van der Waals surface area contributed by atoms with Crippen molar-refractivity contribution in [3.05, 3.63) is 59.2 Å². The molecule has 2 aromatic rings. The van der Waals surface area contributed by atoms with E-state index >= 15 is 0 Å². The van der Waals surface area contributed by atoms with E-state index < -0.39 is 24.0 Å². The maximum Gasteiger partial charge on any atom is 0.328 e. The summed E-state index contributed by atoms with van der Waals surface area (Å²) in [5, 5.41) is 30.3. The third-order valence-corrected chi connectivity index (χ3v) is 3.81. The molecule has 0 radical (unpaired) electrons. The van der Waals surface area contributed by atoms with E-state index in [-0.39, 0.29) is 29.2 Å². The standard InChI is InChI=1S/C19H19NO7/c1-11(22)17(19(25)26)20-18(24)13-7-5-12(6-8-13)10-27-16-4-2-3-15(23)14(16)9-21/h2-9,11,17,22-23H,10H2,1H3,(H,20,24)(H,25,26)/t11-,17?/m0/s1. The number of ether oxygens (including phenoxy) is 1. The van der Waals surface area contributed by atoms with Crippen LogP contribution in [0.25, 0.3) is 0 Å². The first-order valence-electron chi connectivity index (χ1n) is 8.04. The van der Waals surface area contributed by atoms with E-state index in [1.807, 2.05) is 0 Å². The smallest absolute Gasteiger partial charge is 0.328 e. The number of phenolic OH excluding ortho intramolecular Hbond substituents is 1. The first-order chi connectivity index (χ1) is 12.8. The number of carboxylic acids is 1. The Labute approximate surface area is 155 Å². The second-order valence-electron chi connectivity index (χ2n) is 5.82. The van der Waals surface area contributed by atoms with Crippen LogP contribution in [0.1, 0.15) is 33.2 Å². The van der Waals surface area contributed by atoms with Crippen molar-refractivity contribution in [2.75, 3.05) is 0 Å². The molecule has 27 heavy (non-hydrogen) atoms. The monoisotopic (exact) mass is 373 g/mol. The molecule has 0 saturated heterocycles. The summed E-state index contributed by atoms with van der Waals surface area (Å²) in [4.78, 5) is 34.1. The normalized spacial score (nSPS) is 12.7. The minimum atomic E-state index is -1.41. The molecule has 0 fully saturated rings. The van der Waals surface area contributed by atoms with E-state index in [4.69, 9.17) is 9.84 Å². The summed E-state index contributed by atoms with van der Waals surface area (Å²) < 4.78 is 5.52. The van der Waals surface area contributed by atoms with Gasteiger partial charge < -0.3 is 25.4 Å². The molecular formula is C19H19NO7. The van der Waals surface area contributed by atoms with Crippen LogP contribution in [0.4, 0.5) is 0 Å². The predicted octanol–water partition coefficient (Wildman–Crippen LogP) is 1.35. The minimum absolute atomic E-state index is 0.0475. The van der Waals surface area contributed by atoms with Gasteiger partial charge in [-0.25, -0.2) is 4.79 Å². The van der Waals surface area contributed by atoms with Crippen molar-refractivity contribution >= 4 is 18.2 Å². The van der Waals surface area contributed by atoms with E-state index in [1.54, 1.807) is 24.3 Å². The van der Waals surface area contributed by atoms with E-state index in [9.17, 15) is 24.6 Å². The predicted molar refractivity (Wildman–Crippen MR) is 94.8 cm³/mol. The molecule has 2 atom stereocenters. The summed E-state index contributed by atoms with van der Waals surface area (Å²) in [6.07, 6.45) is -0.743. The Bertz CT molecular complexity index is 830. The van der Waals surface area contributed by atoms with Crippen molar-refractivity contribution in [3.8, 4) is 11.5 Å². The molecule has 2 aromatic carbocycles. The molecule has 0 aliphatic carbocycles. The fourth-order valence-corrected chi connectivity index (χ4v) is 2.30. The van der Waals surface area contributed by atoms with Gasteiger partial charge in [-0.2, -0.15) is 0 Å². The number of aliphatic carboxylic acids is 1. The van der Waals surface area contributed by atoms with E-state index in [2.05, 4.69) is 5.32 Å². The Morgan fingerprint density at radius 3 is 2.41 bits per heavy atom. The van der Waals surface area contributed by atoms with Gasteiger partial charge in [-0.15, -0.1) is 0 Å². The van der Waals surface area contributed by atoms with Gasteiger partial charge in [0.15, 0.2) is 12.3 Å². The number of carbonyl (C=O) groups is 3. The lowest BCUT2D eigenvalue weighted by Gasteiger charge is -2.17.